The molecule has 2 N–H and O–H groups in total. The Morgan fingerprint density at radius 3 is 2.86 bits per heavy atom. The average molecular weight is 286 g/mol. The number of hydrogen-bond acceptors (Lipinski definition) is 2. The zero-order valence-corrected chi connectivity index (χ0v) is 13.0. The Bertz CT molecular complexity index is 518. The van der Waals surface area contributed by atoms with Crippen molar-refractivity contribution < 1.29 is 4.79 Å². The fraction of sp³-hybridized carbons (Fsp3) is 0.611. The highest BCUT2D eigenvalue weighted by Crippen LogP contribution is 2.40. The highest BCUT2D eigenvalue weighted by atomic mass is 16.1. The maximum Gasteiger partial charge on any atom is 0.251 e. The Morgan fingerprint density at radius 1 is 1.29 bits per heavy atom. The smallest absolute Gasteiger partial charge is 0.251 e. The molecule has 114 valence electrons. The number of carbonyl (C=O) groups is 1. The zero-order valence-electron chi connectivity index (χ0n) is 13.0. The Morgan fingerprint density at radius 2 is 2.10 bits per heavy atom. The molecule has 2 aliphatic rings. The molecular weight excluding hydrogens is 260 g/mol. The highest BCUT2D eigenvalue weighted by Gasteiger charge is 2.32. The van der Waals surface area contributed by atoms with Crippen molar-refractivity contribution in [2.24, 2.45) is 5.41 Å². The zero-order chi connectivity index (χ0) is 14.7. The van der Waals surface area contributed by atoms with Crippen LogP contribution < -0.4 is 10.6 Å². The molecular formula is C18H26N2O. The summed E-state index contributed by atoms with van der Waals surface area (Å²) in [5, 5.41) is 6.55. The van der Waals surface area contributed by atoms with Crippen molar-refractivity contribution in [3.63, 3.8) is 0 Å². The van der Waals surface area contributed by atoms with Crippen LogP contribution in [0, 0.1) is 5.41 Å². The minimum atomic E-state index is 0.0862. The van der Waals surface area contributed by atoms with Gasteiger partial charge in [-0.15, -0.1) is 0 Å². The van der Waals surface area contributed by atoms with Gasteiger partial charge in [0.2, 0.25) is 0 Å². The third-order valence-corrected chi connectivity index (χ3v) is 5.39. The van der Waals surface area contributed by atoms with Crippen LogP contribution in [0.5, 0.6) is 0 Å². The van der Waals surface area contributed by atoms with Crippen LogP contribution in [0.3, 0.4) is 0 Å². The number of fused-ring (bicyclic) bond motifs is 1. The summed E-state index contributed by atoms with van der Waals surface area (Å²) in [6, 6.07) is 6.16. The topological polar surface area (TPSA) is 41.1 Å². The van der Waals surface area contributed by atoms with E-state index in [1.807, 2.05) is 6.07 Å². The molecule has 1 aliphatic heterocycles. The van der Waals surface area contributed by atoms with Crippen LogP contribution in [0.4, 0.5) is 0 Å². The summed E-state index contributed by atoms with van der Waals surface area (Å²) in [5.74, 6) is 0.0862. The van der Waals surface area contributed by atoms with Crippen LogP contribution in [0.2, 0.25) is 0 Å². The molecule has 1 aromatic carbocycles. The van der Waals surface area contributed by atoms with Crippen molar-refractivity contribution in [3.05, 3.63) is 34.9 Å². The third kappa shape index (κ3) is 3.13. The number of hydrogen-bond donors (Lipinski definition) is 2. The molecule has 1 aliphatic carbocycles. The number of benzene rings is 1. The molecule has 1 amide bonds. The van der Waals surface area contributed by atoms with Gasteiger partial charge in [0, 0.05) is 18.7 Å². The van der Waals surface area contributed by atoms with Crippen LogP contribution in [0.15, 0.2) is 18.2 Å². The van der Waals surface area contributed by atoms with Gasteiger partial charge in [-0.1, -0.05) is 25.8 Å². The molecule has 0 radical (unpaired) electrons. The van der Waals surface area contributed by atoms with Gasteiger partial charge in [0.25, 0.3) is 5.91 Å². The molecule has 0 spiro atoms. The Hall–Kier alpha value is -1.35. The normalized spacial score (nSPS) is 20.0. The maximum absolute atomic E-state index is 12.4. The van der Waals surface area contributed by atoms with E-state index in [0.29, 0.717) is 5.41 Å². The minimum absolute atomic E-state index is 0.0862. The first-order valence-electron chi connectivity index (χ1n) is 8.33. The van der Waals surface area contributed by atoms with Gasteiger partial charge in [0.05, 0.1) is 0 Å². The van der Waals surface area contributed by atoms with E-state index in [-0.39, 0.29) is 5.91 Å². The lowest BCUT2D eigenvalue weighted by molar-refractivity contribution is 0.0928. The molecule has 0 saturated heterocycles. The molecule has 3 nitrogen and oxygen atoms in total. The van der Waals surface area contributed by atoms with Crippen molar-refractivity contribution >= 4 is 5.91 Å². The first kappa shape index (κ1) is 14.6. The molecule has 1 saturated carbocycles. The van der Waals surface area contributed by atoms with Gasteiger partial charge in [-0.25, -0.2) is 0 Å². The van der Waals surface area contributed by atoms with Crippen LogP contribution in [-0.4, -0.2) is 19.0 Å². The van der Waals surface area contributed by atoms with Crippen LogP contribution in [-0.2, 0) is 13.0 Å². The van der Waals surface area contributed by atoms with E-state index in [1.165, 1.54) is 43.2 Å². The van der Waals surface area contributed by atoms with Crippen LogP contribution in [0.1, 0.15) is 60.5 Å². The molecule has 3 heteroatoms. The molecule has 1 aromatic rings. The second-order valence-electron chi connectivity index (χ2n) is 6.65. The molecule has 0 aromatic heterocycles. The monoisotopic (exact) mass is 286 g/mol. The van der Waals surface area contributed by atoms with Gasteiger partial charge >= 0.3 is 0 Å². The summed E-state index contributed by atoms with van der Waals surface area (Å²) in [5.41, 5.74) is 3.82. The summed E-state index contributed by atoms with van der Waals surface area (Å²) in [6.07, 6.45) is 7.38. The summed E-state index contributed by atoms with van der Waals surface area (Å²) in [7, 11) is 0. The summed E-state index contributed by atoms with van der Waals surface area (Å²) < 4.78 is 0. The maximum atomic E-state index is 12.4. The SMILES string of the molecule is CCC1(CNC(=O)c2ccc3c(c2)CNCC3)CCCC1. The summed E-state index contributed by atoms with van der Waals surface area (Å²) in [6.45, 7) is 5.01. The Balaban J connectivity index is 1.65. The molecule has 0 bridgehead atoms. The van der Waals surface area contributed by atoms with E-state index in [1.54, 1.807) is 0 Å². The predicted molar refractivity (Wildman–Crippen MR) is 85.4 cm³/mol. The average Bonchev–Trinajstić information content (AvgIpc) is 3.01. The van der Waals surface area contributed by atoms with Gasteiger partial charge in [0.1, 0.15) is 0 Å². The van der Waals surface area contributed by atoms with Crippen LogP contribution in [0.25, 0.3) is 0 Å². The molecule has 21 heavy (non-hydrogen) atoms. The molecule has 0 atom stereocenters. The van der Waals surface area contributed by atoms with Gasteiger partial charge in [-0.2, -0.15) is 0 Å². The molecule has 1 fully saturated rings. The molecule has 3 rings (SSSR count). The second-order valence-corrected chi connectivity index (χ2v) is 6.65. The molecule has 0 unspecified atom stereocenters. The first-order valence-corrected chi connectivity index (χ1v) is 8.33. The lowest BCUT2D eigenvalue weighted by Crippen LogP contribution is -2.35. The van der Waals surface area contributed by atoms with Gasteiger partial charge in [0.15, 0.2) is 0 Å². The van der Waals surface area contributed by atoms with E-state index >= 15 is 0 Å². The quantitative estimate of drug-likeness (QED) is 0.893. The number of rotatable bonds is 4. The largest absolute Gasteiger partial charge is 0.351 e. The van der Waals surface area contributed by atoms with E-state index < -0.39 is 0 Å². The summed E-state index contributed by atoms with van der Waals surface area (Å²) in [4.78, 5) is 12.4. The van der Waals surface area contributed by atoms with Crippen molar-refractivity contribution in [1.82, 2.24) is 10.6 Å². The standard InChI is InChI=1S/C18H26N2O/c1-2-18(8-3-4-9-18)13-20-17(21)15-6-5-14-7-10-19-12-16(14)11-15/h5-6,11,19H,2-4,7-10,12-13H2,1H3,(H,20,21). The number of carbonyl (C=O) groups excluding carboxylic acids is 1. The van der Waals surface area contributed by atoms with E-state index in [0.717, 1.165) is 31.6 Å². The lowest BCUT2D eigenvalue weighted by atomic mass is 9.83. The van der Waals surface area contributed by atoms with Crippen molar-refractivity contribution in [2.45, 2.75) is 52.0 Å². The molecule has 1 heterocycles. The third-order valence-electron chi connectivity index (χ3n) is 5.39. The predicted octanol–water partition coefficient (Wildman–Crippen LogP) is 3.03. The van der Waals surface area contributed by atoms with Crippen molar-refractivity contribution in [1.29, 1.82) is 0 Å². The van der Waals surface area contributed by atoms with E-state index in [4.69, 9.17) is 0 Å². The summed E-state index contributed by atoms with van der Waals surface area (Å²) >= 11 is 0. The van der Waals surface area contributed by atoms with Gasteiger partial charge in [-0.05, 0) is 60.9 Å². The second kappa shape index (κ2) is 6.18. The fourth-order valence-corrected chi connectivity index (χ4v) is 3.77. The first-order chi connectivity index (χ1) is 10.2. The van der Waals surface area contributed by atoms with E-state index in [2.05, 4.69) is 29.7 Å². The highest BCUT2D eigenvalue weighted by molar-refractivity contribution is 5.94. The lowest BCUT2D eigenvalue weighted by Gasteiger charge is -2.27. The van der Waals surface area contributed by atoms with Crippen molar-refractivity contribution in [2.75, 3.05) is 13.1 Å². The fourth-order valence-electron chi connectivity index (χ4n) is 3.77. The van der Waals surface area contributed by atoms with E-state index in [9.17, 15) is 4.79 Å². The number of amides is 1. The van der Waals surface area contributed by atoms with Gasteiger partial charge in [-0.3, -0.25) is 4.79 Å². The van der Waals surface area contributed by atoms with Crippen molar-refractivity contribution in [3.8, 4) is 0 Å². The van der Waals surface area contributed by atoms with Crippen LogP contribution >= 0.6 is 0 Å². The number of nitrogens with one attached hydrogen (secondary N) is 2. The Kier molecular flexibility index (Phi) is 4.29. The van der Waals surface area contributed by atoms with Gasteiger partial charge < -0.3 is 10.6 Å². The minimum Gasteiger partial charge on any atom is -0.351 e. The Labute approximate surface area is 127 Å².